The predicted molar refractivity (Wildman–Crippen MR) is 84.4 cm³/mol. The van der Waals surface area contributed by atoms with Crippen LogP contribution in [0.2, 0.25) is 0 Å². The van der Waals surface area contributed by atoms with Crippen molar-refractivity contribution < 1.29 is 10.2 Å². The molecule has 1 aromatic rings. The van der Waals surface area contributed by atoms with E-state index in [1.54, 1.807) is 6.20 Å². The zero-order valence-electron chi connectivity index (χ0n) is 12.2. The van der Waals surface area contributed by atoms with Gasteiger partial charge in [0.25, 0.3) is 5.56 Å². The minimum atomic E-state index is -0.391. The average Bonchev–Trinajstić information content (AvgIpc) is 2.47. The number of hydrogen-bond acceptors (Lipinski definition) is 5. The molecule has 1 fully saturated rings. The van der Waals surface area contributed by atoms with Crippen molar-refractivity contribution in [3.05, 3.63) is 21.0 Å². The van der Waals surface area contributed by atoms with Crippen molar-refractivity contribution in [2.24, 2.45) is 5.92 Å². The molecule has 6 nitrogen and oxygen atoms in total. The molecular weight excluding hydrogens is 338 g/mol. The number of nitrogens with zero attached hydrogens (tertiary/aromatic N) is 2. The van der Waals surface area contributed by atoms with Crippen molar-refractivity contribution in [2.45, 2.75) is 44.7 Å². The Morgan fingerprint density at radius 3 is 2.95 bits per heavy atom. The zero-order valence-corrected chi connectivity index (χ0v) is 13.8. The van der Waals surface area contributed by atoms with Crippen molar-refractivity contribution in [1.29, 1.82) is 0 Å². The Bertz CT molecular complexity index is 549. The van der Waals surface area contributed by atoms with E-state index in [9.17, 15) is 9.90 Å². The molecule has 2 rings (SSSR count). The molecule has 118 valence electrons. The molecule has 2 atom stereocenters. The molecule has 3 N–H and O–H groups in total. The molecule has 21 heavy (non-hydrogen) atoms. The molecule has 0 spiro atoms. The molecule has 1 heterocycles. The molecule has 0 amide bonds. The highest BCUT2D eigenvalue weighted by atomic mass is 79.9. The van der Waals surface area contributed by atoms with Gasteiger partial charge in [-0.25, -0.2) is 4.68 Å². The summed E-state index contributed by atoms with van der Waals surface area (Å²) in [5.41, 5.74) is -0.0828. The number of aliphatic hydroxyl groups is 2. The summed E-state index contributed by atoms with van der Waals surface area (Å²) in [4.78, 5) is 12.1. The maximum Gasteiger partial charge on any atom is 0.283 e. The smallest absolute Gasteiger partial charge is 0.283 e. The molecule has 1 aliphatic carbocycles. The number of halogens is 1. The normalized spacial score (nSPS) is 25.8. The lowest BCUT2D eigenvalue weighted by atomic mass is 9.77. The fourth-order valence-corrected chi connectivity index (χ4v) is 3.45. The Morgan fingerprint density at radius 2 is 2.33 bits per heavy atom. The van der Waals surface area contributed by atoms with Gasteiger partial charge >= 0.3 is 0 Å². The van der Waals surface area contributed by atoms with Gasteiger partial charge in [-0.1, -0.05) is 19.8 Å². The molecule has 0 aliphatic heterocycles. The Labute approximate surface area is 132 Å². The zero-order chi connectivity index (χ0) is 15.5. The van der Waals surface area contributed by atoms with Crippen molar-refractivity contribution in [1.82, 2.24) is 9.78 Å². The summed E-state index contributed by atoms with van der Waals surface area (Å²) < 4.78 is 1.60. The molecule has 0 radical (unpaired) electrons. The fourth-order valence-electron chi connectivity index (χ4n) is 3.05. The molecule has 1 aromatic heterocycles. The first kappa shape index (κ1) is 16.5. The van der Waals surface area contributed by atoms with Crippen LogP contribution in [-0.2, 0) is 6.54 Å². The molecule has 0 saturated heterocycles. The Morgan fingerprint density at radius 1 is 1.57 bits per heavy atom. The van der Waals surface area contributed by atoms with Gasteiger partial charge in [0.1, 0.15) is 4.47 Å². The molecule has 1 aliphatic rings. The summed E-state index contributed by atoms with van der Waals surface area (Å²) in [5.74, 6) is 0.542. The highest BCUT2D eigenvalue weighted by molar-refractivity contribution is 9.10. The van der Waals surface area contributed by atoms with Crippen LogP contribution in [0.1, 0.15) is 32.6 Å². The lowest BCUT2D eigenvalue weighted by Gasteiger charge is -2.40. The summed E-state index contributed by atoms with van der Waals surface area (Å²) >= 11 is 3.30. The lowest BCUT2D eigenvalue weighted by molar-refractivity contribution is 0.149. The van der Waals surface area contributed by atoms with Gasteiger partial charge in [0.05, 0.1) is 37.2 Å². The van der Waals surface area contributed by atoms with Gasteiger partial charge in [-0.3, -0.25) is 4.79 Å². The standard InChI is InChI=1S/C14H22BrN3O3/c1-10-3-2-4-14(7-10,9-20)17-11-8-16-18(5-6-19)13(21)12(11)15/h8,10,17,19-20H,2-7,9H2,1H3. The second kappa shape index (κ2) is 6.89. The minimum Gasteiger partial charge on any atom is -0.394 e. The van der Waals surface area contributed by atoms with Gasteiger partial charge in [-0.05, 0) is 34.7 Å². The number of hydrogen-bond donors (Lipinski definition) is 3. The molecule has 0 bridgehead atoms. The molecule has 0 aromatic carbocycles. The predicted octanol–water partition coefficient (Wildman–Crippen LogP) is 1.35. The third kappa shape index (κ3) is 3.64. The average molecular weight is 360 g/mol. The van der Waals surface area contributed by atoms with Crippen LogP contribution in [-0.4, -0.2) is 38.7 Å². The Kier molecular flexibility index (Phi) is 5.40. The van der Waals surface area contributed by atoms with E-state index < -0.39 is 5.54 Å². The van der Waals surface area contributed by atoms with E-state index in [0.717, 1.165) is 19.3 Å². The minimum absolute atomic E-state index is 0.0313. The highest BCUT2D eigenvalue weighted by Crippen LogP contribution is 2.35. The van der Waals surface area contributed by atoms with Crippen LogP contribution in [0.4, 0.5) is 5.69 Å². The number of aromatic nitrogens is 2. The van der Waals surface area contributed by atoms with Gasteiger partial charge in [0.15, 0.2) is 0 Å². The van der Waals surface area contributed by atoms with Gasteiger partial charge in [-0.15, -0.1) is 0 Å². The first-order chi connectivity index (χ1) is 10.0. The van der Waals surface area contributed by atoms with Crippen LogP contribution in [0, 0.1) is 5.92 Å². The number of anilines is 1. The van der Waals surface area contributed by atoms with Gasteiger partial charge in [-0.2, -0.15) is 5.10 Å². The topological polar surface area (TPSA) is 87.4 Å². The van der Waals surface area contributed by atoms with E-state index in [0.29, 0.717) is 16.1 Å². The largest absolute Gasteiger partial charge is 0.394 e. The van der Waals surface area contributed by atoms with Crippen molar-refractivity contribution in [3.63, 3.8) is 0 Å². The van der Waals surface area contributed by atoms with E-state index in [-0.39, 0.29) is 25.3 Å². The molecule has 1 saturated carbocycles. The van der Waals surface area contributed by atoms with Crippen LogP contribution in [0.5, 0.6) is 0 Å². The third-order valence-electron chi connectivity index (χ3n) is 4.09. The first-order valence-corrected chi connectivity index (χ1v) is 8.06. The second-order valence-corrected chi connectivity index (χ2v) is 6.68. The van der Waals surface area contributed by atoms with E-state index >= 15 is 0 Å². The highest BCUT2D eigenvalue weighted by Gasteiger charge is 2.35. The van der Waals surface area contributed by atoms with Crippen LogP contribution >= 0.6 is 15.9 Å². The van der Waals surface area contributed by atoms with Gasteiger partial charge < -0.3 is 15.5 Å². The summed E-state index contributed by atoms with van der Waals surface area (Å²) in [6.07, 6.45) is 5.54. The van der Waals surface area contributed by atoms with E-state index in [2.05, 4.69) is 33.3 Å². The van der Waals surface area contributed by atoms with E-state index in [1.165, 1.54) is 11.1 Å². The van der Waals surface area contributed by atoms with E-state index in [1.807, 2.05) is 0 Å². The molecule has 2 unspecified atom stereocenters. The summed E-state index contributed by atoms with van der Waals surface area (Å²) in [5, 5.41) is 26.1. The Hall–Kier alpha value is -0.920. The Balaban J connectivity index is 2.26. The maximum absolute atomic E-state index is 12.1. The molecular formula is C14H22BrN3O3. The van der Waals surface area contributed by atoms with Crippen molar-refractivity contribution in [2.75, 3.05) is 18.5 Å². The SMILES string of the molecule is CC1CCCC(CO)(Nc2cnn(CCO)c(=O)c2Br)C1. The number of nitrogens with one attached hydrogen (secondary N) is 1. The molecule has 7 heteroatoms. The number of rotatable bonds is 5. The maximum atomic E-state index is 12.1. The van der Waals surface area contributed by atoms with Crippen molar-refractivity contribution in [3.8, 4) is 0 Å². The van der Waals surface area contributed by atoms with Crippen LogP contribution in [0.3, 0.4) is 0 Å². The number of aliphatic hydroxyl groups excluding tert-OH is 2. The van der Waals surface area contributed by atoms with Gasteiger partial charge in [0, 0.05) is 0 Å². The van der Waals surface area contributed by atoms with Crippen molar-refractivity contribution >= 4 is 21.6 Å². The summed E-state index contributed by atoms with van der Waals surface area (Å²) in [6, 6.07) is 0. The first-order valence-electron chi connectivity index (χ1n) is 7.27. The van der Waals surface area contributed by atoms with Gasteiger partial charge in [0.2, 0.25) is 0 Å². The summed E-state index contributed by atoms with van der Waals surface area (Å²) in [6.45, 7) is 2.24. The van der Waals surface area contributed by atoms with E-state index in [4.69, 9.17) is 5.11 Å². The van der Waals surface area contributed by atoms with Crippen LogP contribution in [0.25, 0.3) is 0 Å². The lowest BCUT2D eigenvalue weighted by Crippen LogP contribution is -2.46. The summed E-state index contributed by atoms with van der Waals surface area (Å²) in [7, 11) is 0. The third-order valence-corrected chi connectivity index (χ3v) is 4.86. The quantitative estimate of drug-likeness (QED) is 0.738. The second-order valence-electron chi connectivity index (χ2n) is 5.89. The monoisotopic (exact) mass is 359 g/mol. The van der Waals surface area contributed by atoms with Crippen LogP contribution in [0.15, 0.2) is 15.5 Å². The van der Waals surface area contributed by atoms with Crippen LogP contribution < -0.4 is 10.9 Å². The fraction of sp³-hybridized carbons (Fsp3) is 0.714.